The third-order valence-corrected chi connectivity index (χ3v) is 7.12. The molecule has 1 saturated heterocycles. The highest BCUT2D eigenvalue weighted by molar-refractivity contribution is 8.14. The van der Waals surface area contributed by atoms with Crippen molar-refractivity contribution in [1.29, 1.82) is 0 Å². The van der Waals surface area contributed by atoms with E-state index in [1.165, 1.54) is 52.7 Å². The summed E-state index contributed by atoms with van der Waals surface area (Å²) in [6.07, 6.45) is 0. The molecule has 0 bridgehead atoms. The Bertz CT molecular complexity index is 1130. The van der Waals surface area contributed by atoms with Crippen molar-refractivity contribution in [3.05, 3.63) is 73.5 Å². The molecule has 2 heterocycles. The van der Waals surface area contributed by atoms with E-state index in [-0.39, 0.29) is 27.4 Å². The lowest BCUT2D eigenvalue weighted by atomic mass is 10.1. The number of amides is 1. The zero-order valence-electron chi connectivity index (χ0n) is 14.9. The first-order valence-electron chi connectivity index (χ1n) is 8.45. The predicted octanol–water partition coefficient (Wildman–Crippen LogP) is 5.12. The molecule has 4 rings (SSSR count). The smallest absolute Gasteiger partial charge is 0.269 e. The van der Waals surface area contributed by atoms with E-state index in [1.807, 2.05) is 0 Å². The average molecular weight is 485 g/mol. The van der Waals surface area contributed by atoms with E-state index in [9.17, 15) is 19.3 Å². The molecule has 2 aliphatic heterocycles. The molecule has 30 heavy (non-hydrogen) atoms. The lowest BCUT2D eigenvalue weighted by Crippen LogP contribution is -2.34. The van der Waals surface area contributed by atoms with Crippen LogP contribution < -0.4 is 0 Å². The first-order chi connectivity index (χ1) is 14.3. The minimum atomic E-state index is -0.615. The Labute approximate surface area is 188 Å². The van der Waals surface area contributed by atoms with Gasteiger partial charge in [-0.3, -0.25) is 19.8 Å². The molecule has 1 unspecified atom stereocenters. The summed E-state index contributed by atoms with van der Waals surface area (Å²) in [5, 5.41) is 19.5. The molecule has 7 nitrogen and oxygen atoms in total. The van der Waals surface area contributed by atoms with Gasteiger partial charge >= 0.3 is 0 Å². The Morgan fingerprint density at radius 2 is 1.97 bits per heavy atom. The van der Waals surface area contributed by atoms with Gasteiger partial charge in [0.2, 0.25) is 5.91 Å². The maximum Gasteiger partial charge on any atom is 0.269 e. The number of carbonyl (C=O) groups excluding carboxylic acids is 1. The van der Waals surface area contributed by atoms with E-state index in [1.54, 1.807) is 12.1 Å². The quantitative estimate of drug-likeness (QED) is 0.342. The summed E-state index contributed by atoms with van der Waals surface area (Å²) < 4.78 is 13.8. The Balaban J connectivity index is 1.65. The van der Waals surface area contributed by atoms with Crippen molar-refractivity contribution < 1.29 is 14.1 Å². The van der Waals surface area contributed by atoms with Crippen LogP contribution in [0, 0.1) is 15.9 Å². The second-order valence-corrected chi connectivity index (χ2v) is 9.07. The summed E-state index contributed by atoms with van der Waals surface area (Å²) in [5.74, 6) is -0.250. The zero-order valence-corrected chi connectivity index (χ0v) is 18.1. The maximum atomic E-state index is 13.8. The highest BCUT2D eigenvalue weighted by Crippen LogP contribution is 2.42. The van der Waals surface area contributed by atoms with Gasteiger partial charge in [-0.05, 0) is 17.7 Å². The first kappa shape index (κ1) is 21.1. The molecule has 0 aromatic heterocycles. The van der Waals surface area contributed by atoms with Gasteiger partial charge in [-0.1, -0.05) is 47.1 Å². The Kier molecular flexibility index (Phi) is 6.01. The molecule has 0 radical (unpaired) electrons. The van der Waals surface area contributed by atoms with Gasteiger partial charge in [-0.25, -0.2) is 4.39 Å². The van der Waals surface area contributed by atoms with E-state index >= 15 is 0 Å². The van der Waals surface area contributed by atoms with Gasteiger partial charge in [-0.2, -0.15) is 5.10 Å². The summed E-state index contributed by atoms with van der Waals surface area (Å²) in [7, 11) is 0. The van der Waals surface area contributed by atoms with Crippen LogP contribution in [-0.4, -0.2) is 38.1 Å². The molecule has 0 N–H and O–H groups in total. The van der Waals surface area contributed by atoms with Crippen LogP contribution >= 0.6 is 46.7 Å². The summed E-state index contributed by atoms with van der Waals surface area (Å²) >= 11 is 14.5. The molecule has 1 atom stereocenters. The van der Waals surface area contributed by atoms with E-state index in [0.717, 1.165) is 0 Å². The molecule has 154 valence electrons. The van der Waals surface area contributed by atoms with Crippen molar-refractivity contribution in [2.45, 2.75) is 5.37 Å². The van der Waals surface area contributed by atoms with Crippen LogP contribution in [0.1, 0.15) is 16.5 Å². The largest absolute Gasteiger partial charge is 0.273 e. The second kappa shape index (κ2) is 8.54. The van der Waals surface area contributed by atoms with Crippen LogP contribution in [0.15, 0.2) is 46.6 Å². The van der Waals surface area contributed by atoms with Crippen LogP contribution in [-0.2, 0) is 4.79 Å². The Morgan fingerprint density at radius 3 is 2.67 bits per heavy atom. The molecule has 12 heteroatoms. The van der Waals surface area contributed by atoms with Gasteiger partial charge < -0.3 is 0 Å². The molecule has 2 aromatic rings. The number of amidine groups is 1. The van der Waals surface area contributed by atoms with Gasteiger partial charge in [0.15, 0.2) is 5.17 Å². The van der Waals surface area contributed by atoms with Crippen LogP contribution in [0.4, 0.5) is 10.1 Å². The number of non-ortho nitro benzene ring substituents is 1. The number of hydrogen-bond acceptors (Lipinski definition) is 7. The van der Waals surface area contributed by atoms with Crippen molar-refractivity contribution in [3.63, 3.8) is 0 Å². The number of hydrogen-bond donors (Lipinski definition) is 0. The summed E-state index contributed by atoms with van der Waals surface area (Å²) in [5.41, 5.74) is 1.41. The third-order valence-electron chi connectivity index (χ3n) is 4.36. The van der Waals surface area contributed by atoms with E-state index in [2.05, 4.69) is 10.2 Å². The van der Waals surface area contributed by atoms with Crippen LogP contribution in [0.3, 0.4) is 0 Å². The van der Waals surface area contributed by atoms with E-state index < -0.39 is 16.1 Å². The highest BCUT2D eigenvalue weighted by Gasteiger charge is 2.38. The SMILES string of the molecule is O=C1CSC(c2cccc([N+](=O)[O-])c2)N1C1=NN=C(c2cc(F)c(Cl)cc2Cl)CS1. The van der Waals surface area contributed by atoms with Gasteiger partial charge in [0.05, 0.1) is 26.4 Å². The fraction of sp³-hybridized carbons (Fsp3) is 0.167. The van der Waals surface area contributed by atoms with Crippen LogP contribution in [0.25, 0.3) is 0 Å². The fourth-order valence-electron chi connectivity index (χ4n) is 2.96. The lowest BCUT2D eigenvalue weighted by Gasteiger charge is -2.26. The molecule has 0 saturated carbocycles. The molecular formula is C18H11Cl2FN4O3S2. The van der Waals surface area contributed by atoms with Crippen molar-refractivity contribution >= 4 is 69.2 Å². The maximum absolute atomic E-state index is 13.8. The van der Waals surface area contributed by atoms with Crippen molar-refractivity contribution in [3.8, 4) is 0 Å². The number of rotatable bonds is 3. The molecular weight excluding hydrogens is 474 g/mol. The number of nitrogens with zero attached hydrogens (tertiary/aromatic N) is 4. The van der Waals surface area contributed by atoms with E-state index in [0.29, 0.717) is 27.8 Å². The molecule has 0 spiro atoms. The summed E-state index contributed by atoms with van der Waals surface area (Å²) in [6, 6.07) is 8.66. The minimum absolute atomic E-state index is 0.0506. The zero-order chi connectivity index (χ0) is 21.4. The highest BCUT2D eigenvalue weighted by atomic mass is 35.5. The Morgan fingerprint density at radius 1 is 1.17 bits per heavy atom. The first-order valence-corrected chi connectivity index (χ1v) is 11.2. The van der Waals surface area contributed by atoms with Crippen molar-refractivity contribution in [1.82, 2.24) is 4.90 Å². The van der Waals surface area contributed by atoms with Gasteiger partial charge in [0, 0.05) is 23.4 Å². The third kappa shape index (κ3) is 4.04. The second-order valence-electron chi connectivity index (χ2n) is 6.24. The van der Waals surface area contributed by atoms with Gasteiger partial charge in [0.1, 0.15) is 11.2 Å². The minimum Gasteiger partial charge on any atom is -0.273 e. The average Bonchev–Trinajstić information content (AvgIpc) is 3.12. The van der Waals surface area contributed by atoms with Crippen molar-refractivity contribution in [2.75, 3.05) is 11.5 Å². The monoisotopic (exact) mass is 484 g/mol. The molecule has 2 aliphatic rings. The number of benzene rings is 2. The molecule has 1 fully saturated rings. The number of thioether (sulfide) groups is 2. The van der Waals surface area contributed by atoms with Crippen LogP contribution in [0.5, 0.6) is 0 Å². The topological polar surface area (TPSA) is 88.2 Å². The number of halogens is 3. The number of nitro benzene ring substituents is 1. The van der Waals surface area contributed by atoms with Gasteiger partial charge in [0.25, 0.3) is 5.69 Å². The summed E-state index contributed by atoms with van der Waals surface area (Å²) in [6.45, 7) is 0. The van der Waals surface area contributed by atoms with Gasteiger partial charge in [-0.15, -0.1) is 16.9 Å². The lowest BCUT2D eigenvalue weighted by molar-refractivity contribution is -0.384. The van der Waals surface area contributed by atoms with Crippen molar-refractivity contribution in [2.24, 2.45) is 10.2 Å². The normalized spacial score (nSPS) is 19.0. The van der Waals surface area contributed by atoms with E-state index in [4.69, 9.17) is 23.2 Å². The molecule has 0 aliphatic carbocycles. The van der Waals surface area contributed by atoms with Crippen LogP contribution in [0.2, 0.25) is 10.0 Å². The Hall–Kier alpha value is -2.14. The predicted molar refractivity (Wildman–Crippen MR) is 118 cm³/mol. The fourth-order valence-corrected chi connectivity index (χ4v) is 5.58. The number of nitro groups is 1. The standard InChI is InChI=1S/C18H11Cl2FN4O3S2/c19-12-6-13(20)14(21)5-11(12)15-7-30-18(23-22-15)24-16(26)8-29-17(24)9-2-1-3-10(4-9)25(27)28/h1-6,17H,7-8H2. The number of carbonyl (C=O) groups is 1. The summed E-state index contributed by atoms with van der Waals surface area (Å²) in [4.78, 5) is 24.6. The molecule has 2 aromatic carbocycles. The molecule has 1 amide bonds.